The fourth-order valence-corrected chi connectivity index (χ4v) is 5.85. The second-order valence-corrected chi connectivity index (χ2v) is 10.1. The van der Waals surface area contributed by atoms with E-state index in [-0.39, 0.29) is 32.5 Å². The molecule has 0 fully saturated rings. The van der Waals surface area contributed by atoms with Crippen molar-refractivity contribution in [2.75, 3.05) is 0 Å². The van der Waals surface area contributed by atoms with E-state index < -0.39 is 15.9 Å². The van der Waals surface area contributed by atoms with E-state index in [1.165, 1.54) is 23.3 Å². The highest BCUT2D eigenvalue weighted by atomic mass is 32.2. The van der Waals surface area contributed by atoms with Gasteiger partial charge in [0.15, 0.2) is 4.98 Å². The third kappa shape index (κ3) is 4.33. The third-order valence-corrected chi connectivity index (χ3v) is 8.03. The van der Waals surface area contributed by atoms with Crippen LogP contribution in [0.15, 0.2) is 83.8 Å². The fourth-order valence-electron chi connectivity index (χ4n) is 4.69. The quantitative estimate of drug-likeness (QED) is 0.217. The molecule has 0 amide bonds. The maximum atomic E-state index is 13.2. The van der Waals surface area contributed by atoms with Crippen LogP contribution in [0.2, 0.25) is 0 Å². The molecule has 0 aliphatic heterocycles. The van der Waals surface area contributed by atoms with Crippen LogP contribution < -0.4 is 9.29 Å². The number of rotatable bonds is 7. The Morgan fingerprint density at radius 3 is 1.97 bits per heavy atom. The van der Waals surface area contributed by atoms with Gasteiger partial charge in [-0.15, -0.1) is 0 Å². The minimum absolute atomic E-state index is 0.133. The highest BCUT2D eigenvalue weighted by Crippen LogP contribution is 2.41. The Hall–Kier alpha value is -3.89. The maximum Gasteiger partial charge on any atom is 0.379 e. The van der Waals surface area contributed by atoms with Crippen LogP contribution in [0.25, 0.3) is 15.7 Å². The van der Waals surface area contributed by atoms with Crippen LogP contribution in [0, 0.1) is 12.3 Å². The molecular formula is C28H26N2O4S. The summed E-state index contributed by atoms with van der Waals surface area (Å²) in [5, 5.41) is 22.0. The zero-order chi connectivity index (χ0) is 25.2. The molecule has 0 saturated heterocycles. The average molecular weight is 487 g/mol. The molecule has 6 nitrogen and oxygen atoms in total. The Morgan fingerprint density at radius 2 is 1.43 bits per heavy atom. The molecule has 4 aromatic rings. The van der Waals surface area contributed by atoms with Crippen molar-refractivity contribution in [3.05, 3.63) is 101 Å². The molecule has 0 radical (unpaired) electrons. The van der Waals surface area contributed by atoms with Gasteiger partial charge in [-0.2, -0.15) is 8.42 Å². The van der Waals surface area contributed by atoms with Crippen LogP contribution in [0.5, 0.6) is 11.5 Å². The van der Waals surface area contributed by atoms with Gasteiger partial charge in [-0.25, -0.2) is 0 Å². The molecule has 0 aliphatic rings. The van der Waals surface area contributed by atoms with E-state index in [2.05, 4.69) is 50.0 Å². The van der Waals surface area contributed by atoms with Crippen molar-refractivity contribution in [1.29, 1.82) is 5.39 Å². The molecule has 0 atom stereocenters. The summed E-state index contributed by atoms with van der Waals surface area (Å²) in [4.78, 5) is 2.73. The van der Waals surface area contributed by atoms with Gasteiger partial charge in [-0.05, 0) is 54.2 Å². The fraction of sp³-hybridized carbons (Fsp3) is 0.214. The van der Waals surface area contributed by atoms with E-state index in [0.29, 0.717) is 0 Å². The van der Waals surface area contributed by atoms with Crippen LogP contribution in [0.1, 0.15) is 43.4 Å². The Balaban J connectivity index is 1.72. The smallest absolute Gasteiger partial charge is 0.379 e. The summed E-state index contributed by atoms with van der Waals surface area (Å²) in [6, 6.07) is 22.8. The lowest BCUT2D eigenvalue weighted by Crippen LogP contribution is -2.26. The van der Waals surface area contributed by atoms with Gasteiger partial charge in [0.25, 0.3) is 0 Å². The molecule has 7 heteroatoms. The van der Waals surface area contributed by atoms with E-state index >= 15 is 0 Å². The van der Waals surface area contributed by atoms with E-state index in [0.717, 1.165) is 24.5 Å². The summed E-state index contributed by atoms with van der Waals surface area (Å²) >= 11 is 0. The molecule has 178 valence electrons. The first-order valence-electron chi connectivity index (χ1n) is 11.5. The van der Waals surface area contributed by atoms with Gasteiger partial charge in [0.1, 0.15) is 10.6 Å². The predicted octanol–water partition coefficient (Wildman–Crippen LogP) is 6.58. The number of diazo groups is 1. The summed E-state index contributed by atoms with van der Waals surface area (Å²) in [5.41, 5.74) is 2.90. The zero-order valence-electron chi connectivity index (χ0n) is 19.9. The first-order valence-corrected chi connectivity index (χ1v) is 12.9. The molecule has 0 spiro atoms. The first-order chi connectivity index (χ1) is 16.8. The second kappa shape index (κ2) is 9.40. The van der Waals surface area contributed by atoms with E-state index in [9.17, 15) is 18.9 Å². The van der Waals surface area contributed by atoms with Gasteiger partial charge in [0, 0.05) is 10.8 Å². The summed E-state index contributed by atoms with van der Waals surface area (Å²) in [6.45, 7) is 6.35. The maximum absolute atomic E-state index is 13.2. The number of hydrogen-bond donors (Lipinski definition) is 0. The first kappa shape index (κ1) is 24.2. The van der Waals surface area contributed by atoms with Crippen molar-refractivity contribution in [2.24, 2.45) is 0 Å². The van der Waals surface area contributed by atoms with Gasteiger partial charge >= 0.3 is 15.8 Å². The summed E-state index contributed by atoms with van der Waals surface area (Å²) < 4.78 is 31.8. The monoisotopic (exact) mass is 486 g/mol. The van der Waals surface area contributed by atoms with Crippen molar-refractivity contribution in [2.45, 2.75) is 43.9 Å². The van der Waals surface area contributed by atoms with Gasteiger partial charge in [-0.1, -0.05) is 80.1 Å². The summed E-state index contributed by atoms with van der Waals surface area (Å²) in [5.74, 6) is -0.408. The lowest BCUT2D eigenvalue weighted by molar-refractivity contribution is -0.264. The van der Waals surface area contributed by atoms with Crippen molar-refractivity contribution in [3.8, 4) is 11.5 Å². The standard InChI is InChI=1S/C28H26N2O4S/c1-4-28(5-2,20-12-10-19(3)11-13-20)21-14-16-22(17-15-21)34-35(32,33)26-18-25(30-29)27(31)24-9-7-6-8-23(24)26/h6-18H,4-5H2,1-3H3. The topological polar surface area (TPSA) is 94.6 Å². The Labute approximate surface area is 205 Å². The van der Waals surface area contributed by atoms with Gasteiger partial charge in [0.2, 0.25) is 5.39 Å². The van der Waals surface area contributed by atoms with Crippen LogP contribution in [0.3, 0.4) is 0 Å². The summed E-state index contributed by atoms with van der Waals surface area (Å²) in [7, 11) is -4.32. The largest absolute Gasteiger partial charge is 0.867 e. The van der Waals surface area contributed by atoms with Gasteiger partial charge in [-0.3, -0.25) is 0 Å². The molecule has 0 saturated carbocycles. The lowest BCUT2D eigenvalue weighted by atomic mass is 9.70. The highest BCUT2D eigenvalue weighted by molar-refractivity contribution is 7.87. The number of benzene rings is 4. The zero-order valence-corrected chi connectivity index (χ0v) is 20.7. The third-order valence-electron chi connectivity index (χ3n) is 6.74. The molecule has 0 heterocycles. The Kier molecular flexibility index (Phi) is 6.51. The second-order valence-electron chi connectivity index (χ2n) is 8.59. The van der Waals surface area contributed by atoms with Crippen LogP contribution in [-0.4, -0.2) is 8.42 Å². The van der Waals surface area contributed by atoms with E-state index in [4.69, 9.17) is 4.18 Å². The van der Waals surface area contributed by atoms with Gasteiger partial charge in [0.05, 0.1) is 6.07 Å². The lowest BCUT2D eigenvalue weighted by Gasteiger charge is -2.33. The number of aryl methyl sites for hydroxylation is 1. The molecule has 4 rings (SSSR count). The van der Waals surface area contributed by atoms with Crippen LogP contribution in [0.4, 0.5) is 5.69 Å². The van der Waals surface area contributed by atoms with Crippen LogP contribution in [-0.2, 0) is 15.5 Å². The van der Waals surface area contributed by atoms with Crippen LogP contribution >= 0.6 is 0 Å². The average Bonchev–Trinajstić information content (AvgIpc) is 2.87. The minimum Gasteiger partial charge on any atom is -0.867 e. The normalized spacial score (nSPS) is 11.8. The number of fused-ring (bicyclic) bond motifs is 1. The summed E-state index contributed by atoms with van der Waals surface area (Å²) in [6.07, 6.45) is 1.76. The van der Waals surface area contributed by atoms with Crippen molar-refractivity contribution in [3.63, 3.8) is 0 Å². The molecule has 0 N–H and O–H groups in total. The Bertz CT molecular complexity index is 1520. The highest BCUT2D eigenvalue weighted by Gasteiger charge is 2.31. The molecule has 35 heavy (non-hydrogen) atoms. The molecule has 0 bridgehead atoms. The number of nitrogens with zero attached hydrogens (tertiary/aromatic N) is 2. The number of hydrogen-bond acceptors (Lipinski definition) is 5. The van der Waals surface area contributed by atoms with Gasteiger partial charge < -0.3 is 9.29 Å². The Morgan fingerprint density at radius 1 is 0.886 bits per heavy atom. The van der Waals surface area contributed by atoms with Crippen molar-refractivity contribution >= 4 is 26.6 Å². The van der Waals surface area contributed by atoms with E-state index in [1.54, 1.807) is 24.3 Å². The minimum atomic E-state index is -4.32. The molecule has 0 aliphatic carbocycles. The predicted molar refractivity (Wildman–Crippen MR) is 135 cm³/mol. The molecular weight excluding hydrogens is 460 g/mol. The molecule has 4 aromatic carbocycles. The SMILES string of the molecule is CCC(CC)(c1ccc(C)cc1)c1ccc(OS(=O)(=O)c2cc([N+]#N)c([O-])c3ccccc23)cc1. The molecule has 0 unspecified atom stereocenters. The molecule has 0 aromatic heterocycles. The van der Waals surface area contributed by atoms with E-state index in [1.807, 2.05) is 12.1 Å². The van der Waals surface area contributed by atoms with Crippen molar-refractivity contribution < 1.29 is 17.7 Å². The van der Waals surface area contributed by atoms with Crippen molar-refractivity contribution in [1.82, 2.24) is 0 Å².